The minimum absolute atomic E-state index is 0.215. The summed E-state index contributed by atoms with van der Waals surface area (Å²) in [5, 5.41) is 3.13. The number of thiazole rings is 1. The Labute approximate surface area is 153 Å². The van der Waals surface area contributed by atoms with Gasteiger partial charge in [-0.2, -0.15) is 0 Å². The molecule has 1 atom stereocenters. The summed E-state index contributed by atoms with van der Waals surface area (Å²) in [6.07, 6.45) is 7.28. The maximum absolute atomic E-state index is 12.8. The second-order valence-electron chi connectivity index (χ2n) is 7.34. The summed E-state index contributed by atoms with van der Waals surface area (Å²) < 4.78 is 12.3. The molecule has 25 heavy (non-hydrogen) atoms. The van der Waals surface area contributed by atoms with Gasteiger partial charge in [-0.05, 0) is 19.3 Å². The number of ether oxygens (including phenoxy) is 2. The van der Waals surface area contributed by atoms with Gasteiger partial charge in [0.15, 0.2) is 5.79 Å². The van der Waals surface area contributed by atoms with Crippen molar-refractivity contribution in [3.05, 3.63) is 16.6 Å². The molecular weight excluding hydrogens is 338 g/mol. The molecule has 3 aliphatic rings. The summed E-state index contributed by atoms with van der Waals surface area (Å²) in [4.78, 5) is 21.6. The van der Waals surface area contributed by atoms with Gasteiger partial charge < -0.3 is 14.4 Å². The first-order chi connectivity index (χ1) is 12.2. The quantitative estimate of drug-likeness (QED) is 0.821. The van der Waals surface area contributed by atoms with E-state index in [0.717, 1.165) is 37.4 Å². The fourth-order valence-electron chi connectivity index (χ4n) is 4.23. The van der Waals surface area contributed by atoms with Crippen LogP contribution in [0.3, 0.4) is 0 Å². The summed E-state index contributed by atoms with van der Waals surface area (Å²) in [5.41, 5.74) is 0. The van der Waals surface area contributed by atoms with E-state index < -0.39 is 5.79 Å². The molecule has 1 amide bonds. The van der Waals surface area contributed by atoms with E-state index in [0.29, 0.717) is 38.8 Å². The number of aromatic nitrogens is 1. The molecule has 1 aromatic heterocycles. The molecule has 1 spiro atoms. The van der Waals surface area contributed by atoms with Crippen molar-refractivity contribution in [3.8, 4) is 0 Å². The highest BCUT2D eigenvalue weighted by Gasteiger charge is 2.43. The zero-order chi connectivity index (χ0) is 17.1. The molecule has 2 aliphatic heterocycles. The number of amides is 1. The van der Waals surface area contributed by atoms with Crippen molar-refractivity contribution in [3.63, 3.8) is 0 Å². The van der Waals surface area contributed by atoms with E-state index in [1.807, 2.05) is 16.5 Å². The van der Waals surface area contributed by atoms with Gasteiger partial charge in [0.2, 0.25) is 5.91 Å². The van der Waals surface area contributed by atoms with Crippen LogP contribution in [-0.2, 0) is 20.8 Å². The second-order valence-corrected chi connectivity index (χ2v) is 8.32. The van der Waals surface area contributed by atoms with Gasteiger partial charge in [0.25, 0.3) is 0 Å². The largest absolute Gasteiger partial charge is 0.347 e. The molecule has 1 unspecified atom stereocenters. The van der Waals surface area contributed by atoms with Gasteiger partial charge in [0, 0.05) is 30.6 Å². The summed E-state index contributed by atoms with van der Waals surface area (Å²) in [6, 6.07) is 0. The van der Waals surface area contributed by atoms with Gasteiger partial charge in [-0.1, -0.05) is 12.8 Å². The van der Waals surface area contributed by atoms with E-state index in [4.69, 9.17) is 9.47 Å². The van der Waals surface area contributed by atoms with Crippen LogP contribution in [-0.4, -0.2) is 65.9 Å². The fourth-order valence-corrected chi connectivity index (χ4v) is 4.89. The van der Waals surface area contributed by atoms with Crippen LogP contribution in [0.4, 0.5) is 0 Å². The zero-order valence-electron chi connectivity index (χ0n) is 14.7. The molecule has 1 saturated carbocycles. The Bertz CT molecular complexity index is 576. The van der Waals surface area contributed by atoms with Crippen LogP contribution in [0.15, 0.2) is 11.6 Å². The average Bonchev–Trinajstić information content (AvgIpc) is 3.29. The van der Waals surface area contributed by atoms with Crippen LogP contribution < -0.4 is 0 Å². The van der Waals surface area contributed by atoms with Gasteiger partial charge in [-0.25, -0.2) is 4.98 Å². The molecule has 1 aromatic rings. The SMILES string of the molecule is O=C(C1CCCC1)N1CCOC2(CN(Cc3nccs3)CCCO2)C1. The monoisotopic (exact) mass is 365 g/mol. The van der Waals surface area contributed by atoms with Gasteiger partial charge in [0.1, 0.15) is 5.01 Å². The number of nitrogens with zero attached hydrogens (tertiary/aromatic N) is 3. The van der Waals surface area contributed by atoms with Crippen LogP contribution in [0.25, 0.3) is 0 Å². The van der Waals surface area contributed by atoms with E-state index in [1.165, 1.54) is 12.8 Å². The van der Waals surface area contributed by atoms with Crippen molar-refractivity contribution in [1.29, 1.82) is 0 Å². The lowest BCUT2D eigenvalue weighted by molar-refractivity contribution is -0.265. The molecule has 4 rings (SSSR count). The van der Waals surface area contributed by atoms with E-state index in [9.17, 15) is 4.79 Å². The molecule has 138 valence electrons. The maximum Gasteiger partial charge on any atom is 0.225 e. The van der Waals surface area contributed by atoms with Gasteiger partial charge in [-0.3, -0.25) is 9.69 Å². The highest BCUT2D eigenvalue weighted by Crippen LogP contribution is 2.30. The molecule has 0 N–H and O–H groups in total. The number of morpholine rings is 1. The van der Waals surface area contributed by atoms with Crippen LogP contribution in [0.5, 0.6) is 0 Å². The predicted molar refractivity (Wildman–Crippen MR) is 95.2 cm³/mol. The average molecular weight is 365 g/mol. The maximum atomic E-state index is 12.8. The standard InChI is InChI=1S/C18H27N3O3S/c22-17(15-4-1-2-5-15)21-8-10-24-18(14-21)13-20(7-3-9-23-18)12-16-19-6-11-25-16/h6,11,15H,1-5,7-10,12-14H2. The van der Waals surface area contributed by atoms with E-state index >= 15 is 0 Å². The lowest BCUT2D eigenvalue weighted by atomic mass is 10.1. The zero-order valence-corrected chi connectivity index (χ0v) is 15.5. The van der Waals surface area contributed by atoms with E-state index in [2.05, 4.69) is 9.88 Å². The molecule has 6 nitrogen and oxygen atoms in total. The van der Waals surface area contributed by atoms with E-state index in [1.54, 1.807) is 11.3 Å². The molecule has 3 heterocycles. The van der Waals surface area contributed by atoms with Crippen LogP contribution in [0.1, 0.15) is 37.1 Å². The minimum Gasteiger partial charge on any atom is -0.347 e. The summed E-state index contributed by atoms with van der Waals surface area (Å²) in [6.45, 7) is 4.97. The highest BCUT2D eigenvalue weighted by atomic mass is 32.1. The summed E-state index contributed by atoms with van der Waals surface area (Å²) in [5.74, 6) is -0.160. The summed E-state index contributed by atoms with van der Waals surface area (Å²) in [7, 11) is 0. The first-order valence-electron chi connectivity index (χ1n) is 9.42. The molecule has 0 aromatic carbocycles. The second kappa shape index (κ2) is 7.70. The summed E-state index contributed by atoms with van der Waals surface area (Å²) >= 11 is 1.68. The number of carbonyl (C=O) groups excluding carboxylic acids is 1. The molecule has 2 saturated heterocycles. The van der Waals surface area contributed by atoms with Crippen molar-refractivity contribution in [2.75, 3.05) is 39.4 Å². The molecule has 1 aliphatic carbocycles. The third-order valence-corrected chi connectivity index (χ3v) is 6.23. The minimum atomic E-state index is -0.680. The first-order valence-corrected chi connectivity index (χ1v) is 10.3. The van der Waals surface area contributed by atoms with Crippen molar-refractivity contribution < 1.29 is 14.3 Å². The van der Waals surface area contributed by atoms with Crippen molar-refractivity contribution in [2.45, 2.75) is 44.4 Å². The fraction of sp³-hybridized carbons (Fsp3) is 0.778. The lowest BCUT2D eigenvalue weighted by Gasteiger charge is -2.43. The third kappa shape index (κ3) is 4.05. The topological polar surface area (TPSA) is 54.9 Å². The van der Waals surface area contributed by atoms with Crippen LogP contribution in [0, 0.1) is 5.92 Å². The van der Waals surface area contributed by atoms with Gasteiger partial charge in [-0.15, -0.1) is 11.3 Å². The molecule has 7 heteroatoms. The Morgan fingerprint density at radius 3 is 2.84 bits per heavy atom. The van der Waals surface area contributed by atoms with Crippen molar-refractivity contribution >= 4 is 17.2 Å². The van der Waals surface area contributed by atoms with Gasteiger partial charge in [0.05, 0.1) is 32.8 Å². The predicted octanol–water partition coefficient (Wildman–Crippen LogP) is 2.11. The third-order valence-electron chi connectivity index (χ3n) is 5.46. The number of carbonyl (C=O) groups is 1. The Balaban J connectivity index is 1.43. The number of hydrogen-bond acceptors (Lipinski definition) is 6. The molecule has 0 radical (unpaired) electrons. The Morgan fingerprint density at radius 2 is 2.04 bits per heavy atom. The Hall–Kier alpha value is -1.02. The molecular formula is C18H27N3O3S. The Morgan fingerprint density at radius 1 is 1.20 bits per heavy atom. The van der Waals surface area contributed by atoms with E-state index in [-0.39, 0.29) is 5.92 Å². The normalized spacial score (nSPS) is 29.2. The molecule has 0 bridgehead atoms. The first kappa shape index (κ1) is 17.4. The van der Waals surface area contributed by atoms with Crippen LogP contribution in [0.2, 0.25) is 0 Å². The smallest absolute Gasteiger partial charge is 0.225 e. The van der Waals surface area contributed by atoms with Crippen LogP contribution >= 0.6 is 11.3 Å². The lowest BCUT2D eigenvalue weighted by Crippen LogP contribution is -2.59. The van der Waals surface area contributed by atoms with Gasteiger partial charge >= 0.3 is 0 Å². The van der Waals surface area contributed by atoms with Crippen molar-refractivity contribution in [2.24, 2.45) is 5.92 Å². The number of hydrogen-bond donors (Lipinski definition) is 0. The number of rotatable bonds is 3. The molecule has 3 fully saturated rings. The Kier molecular flexibility index (Phi) is 5.36. The van der Waals surface area contributed by atoms with Crippen molar-refractivity contribution in [1.82, 2.24) is 14.8 Å². The highest BCUT2D eigenvalue weighted by molar-refractivity contribution is 7.09.